The maximum Gasteiger partial charge on any atom is 0.239 e. The van der Waals surface area contributed by atoms with Gasteiger partial charge in [-0.3, -0.25) is 9.69 Å². The predicted octanol–water partition coefficient (Wildman–Crippen LogP) is 0.192. The van der Waals surface area contributed by atoms with Gasteiger partial charge in [-0.2, -0.15) is 0 Å². The fourth-order valence-corrected chi connectivity index (χ4v) is 2.00. The van der Waals surface area contributed by atoms with Gasteiger partial charge in [0.05, 0.1) is 13.2 Å². The number of hydrogen-bond acceptors (Lipinski definition) is 4. The molecule has 1 N–H and O–H groups in total. The van der Waals surface area contributed by atoms with E-state index in [0.29, 0.717) is 19.6 Å². The van der Waals surface area contributed by atoms with Gasteiger partial charge in [0.25, 0.3) is 0 Å². The summed E-state index contributed by atoms with van der Waals surface area (Å²) >= 11 is 0. The summed E-state index contributed by atoms with van der Waals surface area (Å²) in [5, 5.41) is 2.66. The molecular weight excluding hydrogens is 220 g/mol. The first-order valence-corrected chi connectivity index (χ1v) is 6.18. The van der Waals surface area contributed by atoms with Gasteiger partial charge in [0.15, 0.2) is 0 Å². The Morgan fingerprint density at radius 1 is 1.41 bits per heavy atom. The van der Waals surface area contributed by atoms with Crippen molar-refractivity contribution < 1.29 is 14.3 Å². The first kappa shape index (κ1) is 14.1. The summed E-state index contributed by atoms with van der Waals surface area (Å²) in [7, 11) is 1.64. The Morgan fingerprint density at radius 2 is 2.18 bits per heavy atom. The second kappa shape index (κ2) is 7.40. The molecule has 1 aliphatic heterocycles. The lowest BCUT2D eigenvalue weighted by atomic mass is 10.1. The average molecular weight is 242 g/mol. The summed E-state index contributed by atoms with van der Waals surface area (Å²) in [6, 6.07) is -0.175. The number of ether oxygens (including phenoxy) is 1. The molecule has 0 aromatic carbocycles. The molecule has 5 heteroatoms. The number of amides is 1. The summed E-state index contributed by atoms with van der Waals surface area (Å²) < 4.78 is 5.32. The molecule has 0 spiro atoms. The quantitative estimate of drug-likeness (QED) is 0.676. The van der Waals surface area contributed by atoms with Crippen LogP contribution >= 0.6 is 0 Å². The van der Waals surface area contributed by atoms with Crippen LogP contribution in [-0.2, 0) is 14.3 Å². The van der Waals surface area contributed by atoms with E-state index in [1.165, 1.54) is 0 Å². The number of carbonyl (C=O) groups excluding carboxylic acids is 2. The third-order valence-electron chi connectivity index (χ3n) is 3.01. The summed E-state index contributed by atoms with van der Waals surface area (Å²) in [6.45, 7) is 4.40. The van der Waals surface area contributed by atoms with Crippen molar-refractivity contribution >= 4 is 11.7 Å². The fourth-order valence-electron chi connectivity index (χ4n) is 2.00. The Hall–Kier alpha value is -0.940. The van der Waals surface area contributed by atoms with E-state index < -0.39 is 0 Å². The van der Waals surface area contributed by atoms with E-state index in [1.54, 1.807) is 14.0 Å². The summed E-state index contributed by atoms with van der Waals surface area (Å²) in [5.41, 5.74) is 0. The van der Waals surface area contributed by atoms with Crippen molar-refractivity contribution in [2.75, 3.05) is 33.4 Å². The Bertz CT molecular complexity index is 268. The topological polar surface area (TPSA) is 58.6 Å². The van der Waals surface area contributed by atoms with Gasteiger partial charge in [-0.25, -0.2) is 0 Å². The van der Waals surface area contributed by atoms with Gasteiger partial charge >= 0.3 is 0 Å². The predicted molar refractivity (Wildman–Crippen MR) is 64.8 cm³/mol. The zero-order valence-corrected chi connectivity index (χ0v) is 10.7. The van der Waals surface area contributed by atoms with Crippen molar-refractivity contribution in [3.63, 3.8) is 0 Å². The first-order chi connectivity index (χ1) is 8.15. The van der Waals surface area contributed by atoms with E-state index >= 15 is 0 Å². The van der Waals surface area contributed by atoms with Gasteiger partial charge in [0.1, 0.15) is 11.8 Å². The third-order valence-corrected chi connectivity index (χ3v) is 3.01. The molecule has 1 fully saturated rings. The van der Waals surface area contributed by atoms with Crippen LogP contribution in [0, 0.1) is 0 Å². The van der Waals surface area contributed by atoms with Crippen LogP contribution in [0.1, 0.15) is 26.2 Å². The minimum atomic E-state index is -0.175. The molecule has 5 nitrogen and oxygen atoms in total. The second-order valence-corrected chi connectivity index (χ2v) is 4.40. The van der Waals surface area contributed by atoms with Crippen molar-refractivity contribution in [1.82, 2.24) is 10.2 Å². The van der Waals surface area contributed by atoms with Crippen LogP contribution in [0.2, 0.25) is 0 Å². The number of hydrogen-bond donors (Lipinski definition) is 1. The van der Waals surface area contributed by atoms with Gasteiger partial charge in [-0.15, -0.1) is 0 Å². The van der Waals surface area contributed by atoms with E-state index in [9.17, 15) is 9.59 Å². The molecular formula is C12H22N2O3. The fraction of sp³-hybridized carbons (Fsp3) is 0.833. The lowest BCUT2D eigenvalue weighted by Gasteiger charge is -2.34. The SMILES string of the molecule is CNC(=O)C1COCCN1CCCCC(C)=O. The molecule has 1 rings (SSSR count). The summed E-state index contributed by atoms with van der Waals surface area (Å²) in [5.74, 6) is 0.242. The number of nitrogens with zero attached hydrogens (tertiary/aromatic N) is 1. The van der Waals surface area contributed by atoms with E-state index in [2.05, 4.69) is 10.2 Å². The molecule has 0 bridgehead atoms. The van der Waals surface area contributed by atoms with Crippen LogP contribution in [0.25, 0.3) is 0 Å². The zero-order valence-electron chi connectivity index (χ0n) is 10.7. The van der Waals surface area contributed by atoms with Crippen LogP contribution < -0.4 is 5.32 Å². The van der Waals surface area contributed by atoms with Gasteiger partial charge < -0.3 is 14.8 Å². The molecule has 0 aromatic rings. The number of rotatable bonds is 6. The Morgan fingerprint density at radius 3 is 2.82 bits per heavy atom. The molecule has 1 unspecified atom stereocenters. The lowest BCUT2D eigenvalue weighted by Crippen LogP contribution is -2.53. The second-order valence-electron chi connectivity index (χ2n) is 4.40. The third kappa shape index (κ3) is 4.83. The first-order valence-electron chi connectivity index (χ1n) is 6.18. The number of unbranched alkanes of at least 4 members (excludes halogenated alkanes) is 1. The Labute approximate surface area is 102 Å². The monoisotopic (exact) mass is 242 g/mol. The van der Waals surface area contributed by atoms with Gasteiger partial charge in [0, 0.05) is 20.0 Å². The van der Waals surface area contributed by atoms with Crippen LogP contribution in [0.5, 0.6) is 0 Å². The highest BCUT2D eigenvalue weighted by molar-refractivity contribution is 5.81. The van der Waals surface area contributed by atoms with Gasteiger partial charge in [0.2, 0.25) is 5.91 Å². The Kier molecular flexibility index (Phi) is 6.15. The average Bonchev–Trinajstić information content (AvgIpc) is 2.34. The Balaban J connectivity index is 2.32. The molecule has 0 saturated carbocycles. The number of carbonyl (C=O) groups is 2. The molecule has 1 aliphatic rings. The van der Waals surface area contributed by atoms with E-state index in [1.807, 2.05) is 0 Å². The summed E-state index contributed by atoms with van der Waals surface area (Å²) in [4.78, 5) is 24.6. The highest BCUT2D eigenvalue weighted by Gasteiger charge is 2.27. The van der Waals surface area contributed by atoms with E-state index in [4.69, 9.17) is 4.74 Å². The largest absolute Gasteiger partial charge is 0.378 e. The maximum absolute atomic E-state index is 11.6. The highest BCUT2D eigenvalue weighted by atomic mass is 16.5. The van der Waals surface area contributed by atoms with Crippen molar-refractivity contribution in [3.05, 3.63) is 0 Å². The summed E-state index contributed by atoms with van der Waals surface area (Å²) in [6.07, 6.45) is 2.48. The highest BCUT2D eigenvalue weighted by Crippen LogP contribution is 2.09. The number of morpholine rings is 1. The number of likely N-dealkylation sites (N-methyl/N-ethyl adjacent to an activating group) is 1. The van der Waals surface area contributed by atoms with Crippen LogP contribution in [0.3, 0.4) is 0 Å². The van der Waals surface area contributed by atoms with Crippen molar-refractivity contribution in [2.24, 2.45) is 0 Å². The number of ketones is 1. The van der Waals surface area contributed by atoms with Crippen molar-refractivity contribution in [3.8, 4) is 0 Å². The lowest BCUT2D eigenvalue weighted by molar-refractivity contribution is -0.132. The molecule has 1 atom stereocenters. The number of Topliss-reactive ketones (excluding diaryl/α,β-unsaturated/α-hetero) is 1. The molecule has 17 heavy (non-hydrogen) atoms. The van der Waals surface area contributed by atoms with Crippen LogP contribution in [0.15, 0.2) is 0 Å². The smallest absolute Gasteiger partial charge is 0.239 e. The standard InChI is InChI=1S/C12H22N2O3/c1-10(15)5-3-4-6-14-7-8-17-9-11(14)12(16)13-2/h11H,3-9H2,1-2H3,(H,13,16). The molecule has 0 aromatic heterocycles. The molecule has 1 saturated heterocycles. The molecule has 0 radical (unpaired) electrons. The van der Waals surface area contributed by atoms with Crippen molar-refractivity contribution in [1.29, 1.82) is 0 Å². The molecule has 1 amide bonds. The molecule has 98 valence electrons. The normalized spacial score (nSPS) is 21.2. The minimum Gasteiger partial charge on any atom is -0.378 e. The van der Waals surface area contributed by atoms with Crippen LogP contribution in [0.4, 0.5) is 0 Å². The maximum atomic E-state index is 11.6. The number of nitrogens with one attached hydrogen (secondary N) is 1. The van der Waals surface area contributed by atoms with E-state index in [0.717, 1.165) is 25.9 Å². The van der Waals surface area contributed by atoms with E-state index in [-0.39, 0.29) is 17.7 Å². The zero-order chi connectivity index (χ0) is 12.7. The van der Waals surface area contributed by atoms with Gasteiger partial charge in [-0.1, -0.05) is 0 Å². The molecule has 0 aliphatic carbocycles. The van der Waals surface area contributed by atoms with Gasteiger partial charge in [-0.05, 0) is 26.3 Å². The van der Waals surface area contributed by atoms with Crippen LogP contribution in [-0.4, -0.2) is 56.0 Å². The minimum absolute atomic E-state index is 0.0104. The molecule has 1 heterocycles. The van der Waals surface area contributed by atoms with Crippen molar-refractivity contribution in [2.45, 2.75) is 32.2 Å².